The van der Waals surface area contributed by atoms with Crippen LogP contribution < -0.4 is 0 Å². The fraction of sp³-hybridized carbons (Fsp3) is 1.00. The van der Waals surface area contributed by atoms with Crippen molar-refractivity contribution >= 4 is 0 Å². The molecule has 4 aliphatic carbocycles. The van der Waals surface area contributed by atoms with E-state index in [0.717, 1.165) is 39.0 Å². The third kappa shape index (κ3) is 1.86. The summed E-state index contributed by atoms with van der Waals surface area (Å²) in [7, 11) is 7.36. The van der Waals surface area contributed by atoms with Gasteiger partial charge in [0, 0.05) is 81.9 Å². The second-order valence-electron chi connectivity index (χ2n) is 12.0. The zero-order valence-electron chi connectivity index (χ0n) is 20.1. The fourth-order valence-corrected chi connectivity index (χ4v) is 11.4. The van der Waals surface area contributed by atoms with Gasteiger partial charge in [0.2, 0.25) is 0 Å². The van der Waals surface area contributed by atoms with Crippen LogP contribution in [0.5, 0.6) is 0 Å². The molecule has 4 saturated carbocycles. The molecule has 3 heterocycles. The SMILES string of the molecule is CCN1C[C@]2(COC)CC[C@H](OC)[C@@]34[C@@H]5C[C@H]6[C@@H]7O[C@@]6(OC)C[C@@](O)([C@@H]75)[C@@H]([C@H](OC)[C@H]23)[C@@H]14. The molecule has 7 rings (SSSR count). The molecule has 0 radical (unpaired) electrons. The zero-order chi connectivity index (χ0) is 22.3. The van der Waals surface area contributed by atoms with Gasteiger partial charge in [0.1, 0.15) is 0 Å². The highest BCUT2D eigenvalue weighted by molar-refractivity contribution is 5.37. The lowest BCUT2D eigenvalue weighted by Gasteiger charge is -2.70. The van der Waals surface area contributed by atoms with Crippen molar-refractivity contribution in [3.8, 4) is 0 Å². The Balaban J connectivity index is 1.50. The minimum atomic E-state index is -0.834. The van der Waals surface area contributed by atoms with E-state index in [1.807, 2.05) is 21.3 Å². The summed E-state index contributed by atoms with van der Waals surface area (Å²) >= 11 is 0. The van der Waals surface area contributed by atoms with Gasteiger partial charge in [-0.3, -0.25) is 4.90 Å². The first-order chi connectivity index (χ1) is 15.4. The van der Waals surface area contributed by atoms with Crippen LogP contribution in [0.1, 0.15) is 32.6 Å². The van der Waals surface area contributed by atoms with Gasteiger partial charge in [-0.15, -0.1) is 0 Å². The molecule has 7 aliphatic rings. The van der Waals surface area contributed by atoms with Crippen LogP contribution in [0.3, 0.4) is 0 Å². The molecule has 3 aliphatic heterocycles. The number of hydrogen-bond donors (Lipinski definition) is 1. The van der Waals surface area contributed by atoms with Crippen LogP contribution in [0.15, 0.2) is 0 Å². The molecule has 0 aromatic carbocycles. The molecule has 7 nitrogen and oxygen atoms in total. The molecule has 0 amide bonds. The molecule has 1 spiro atoms. The lowest BCUT2D eigenvalue weighted by Crippen LogP contribution is -2.79. The quantitative estimate of drug-likeness (QED) is 0.659. The third-order valence-corrected chi connectivity index (χ3v) is 11.8. The summed E-state index contributed by atoms with van der Waals surface area (Å²) in [4.78, 5) is 2.68. The number of hydrogen-bond acceptors (Lipinski definition) is 7. The van der Waals surface area contributed by atoms with E-state index in [0.29, 0.717) is 24.2 Å². The zero-order valence-corrected chi connectivity index (χ0v) is 20.1. The number of piperidine rings is 1. The molecule has 7 fully saturated rings. The van der Waals surface area contributed by atoms with E-state index >= 15 is 0 Å². The number of nitrogens with zero attached hydrogens (tertiary/aromatic N) is 1. The predicted octanol–water partition coefficient (Wildman–Crippen LogP) is 1.52. The third-order valence-electron chi connectivity index (χ3n) is 11.8. The van der Waals surface area contributed by atoms with E-state index in [2.05, 4.69) is 11.8 Å². The molecule has 180 valence electrons. The van der Waals surface area contributed by atoms with Gasteiger partial charge in [0.05, 0.1) is 30.5 Å². The van der Waals surface area contributed by atoms with Crippen molar-refractivity contribution in [2.24, 2.45) is 40.4 Å². The lowest BCUT2D eigenvalue weighted by molar-refractivity contribution is -0.434. The van der Waals surface area contributed by atoms with Crippen molar-refractivity contribution in [1.82, 2.24) is 4.90 Å². The summed E-state index contributed by atoms with van der Waals surface area (Å²) in [5.41, 5.74) is -0.854. The lowest BCUT2D eigenvalue weighted by atomic mass is 9.43. The maximum absolute atomic E-state index is 12.7. The Bertz CT molecular complexity index is 826. The summed E-state index contributed by atoms with van der Waals surface area (Å²) in [6, 6.07) is 0.258. The number of rotatable bonds is 6. The van der Waals surface area contributed by atoms with E-state index in [4.69, 9.17) is 23.7 Å². The Morgan fingerprint density at radius 2 is 1.91 bits per heavy atom. The minimum Gasteiger partial charge on any atom is -0.389 e. The number of fused-ring (bicyclic) bond motifs is 3. The van der Waals surface area contributed by atoms with E-state index < -0.39 is 11.4 Å². The highest BCUT2D eigenvalue weighted by Crippen LogP contribution is 2.82. The van der Waals surface area contributed by atoms with Gasteiger partial charge >= 0.3 is 0 Å². The number of methoxy groups -OCH3 is 4. The van der Waals surface area contributed by atoms with Gasteiger partial charge in [-0.05, 0) is 31.7 Å². The van der Waals surface area contributed by atoms with Crippen LogP contribution in [0.2, 0.25) is 0 Å². The van der Waals surface area contributed by atoms with Crippen LogP contribution >= 0.6 is 0 Å². The fourth-order valence-electron chi connectivity index (χ4n) is 11.4. The molecular weight excluding hydrogens is 410 g/mol. The average molecular weight is 450 g/mol. The van der Waals surface area contributed by atoms with Crippen molar-refractivity contribution in [1.29, 1.82) is 0 Å². The second kappa shape index (κ2) is 6.28. The minimum absolute atomic E-state index is 0.00916. The normalized spacial score (nSPS) is 63.4. The van der Waals surface area contributed by atoms with Gasteiger partial charge in [0.25, 0.3) is 0 Å². The van der Waals surface area contributed by atoms with E-state index in [-0.39, 0.29) is 47.0 Å². The molecule has 0 unspecified atom stereocenters. The summed E-state index contributed by atoms with van der Waals surface area (Å²) in [5, 5.41) is 12.7. The largest absolute Gasteiger partial charge is 0.389 e. The molecule has 7 heteroatoms. The predicted molar refractivity (Wildman–Crippen MR) is 115 cm³/mol. The van der Waals surface area contributed by atoms with Crippen molar-refractivity contribution in [2.45, 2.75) is 68.3 Å². The molecule has 3 saturated heterocycles. The maximum atomic E-state index is 12.7. The molecule has 0 aromatic heterocycles. The van der Waals surface area contributed by atoms with Crippen molar-refractivity contribution in [3.63, 3.8) is 0 Å². The van der Waals surface area contributed by atoms with E-state index in [1.165, 1.54) is 0 Å². The van der Waals surface area contributed by atoms with Gasteiger partial charge < -0.3 is 28.8 Å². The average Bonchev–Trinajstić information content (AvgIpc) is 3.18. The van der Waals surface area contributed by atoms with Crippen LogP contribution in [0.4, 0.5) is 0 Å². The summed E-state index contributed by atoms with van der Waals surface area (Å²) in [5.74, 6) is 0.601. The van der Waals surface area contributed by atoms with Crippen LogP contribution in [0.25, 0.3) is 0 Å². The van der Waals surface area contributed by atoms with Gasteiger partial charge in [0.15, 0.2) is 5.79 Å². The Labute approximate surface area is 191 Å². The smallest absolute Gasteiger partial charge is 0.176 e. The number of likely N-dealkylation sites (tertiary alicyclic amines) is 1. The molecule has 32 heavy (non-hydrogen) atoms. The first-order valence-corrected chi connectivity index (χ1v) is 12.7. The van der Waals surface area contributed by atoms with Crippen LogP contribution in [-0.4, -0.2) is 93.9 Å². The van der Waals surface area contributed by atoms with E-state index in [9.17, 15) is 5.11 Å². The van der Waals surface area contributed by atoms with Gasteiger partial charge in [-0.25, -0.2) is 0 Å². The molecular formula is C25H39NO6. The van der Waals surface area contributed by atoms with Gasteiger partial charge in [-0.2, -0.15) is 0 Å². The molecule has 0 aromatic rings. The Kier molecular flexibility index (Phi) is 4.13. The Morgan fingerprint density at radius 3 is 2.56 bits per heavy atom. The van der Waals surface area contributed by atoms with Crippen molar-refractivity contribution < 1.29 is 28.8 Å². The highest BCUT2D eigenvalue weighted by atomic mass is 16.7. The molecule has 1 N–H and O–H groups in total. The molecule has 7 bridgehead atoms. The van der Waals surface area contributed by atoms with Crippen LogP contribution in [-0.2, 0) is 23.7 Å². The van der Waals surface area contributed by atoms with Crippen LogP contribution in [0, 0.1) is 40.4 Å². The summed E-state index contributed by atoms with van der Waals surface area (Å²) in [6.45, 7) is 5.01. The highest BCUT2D eigenvalue weighted by Gasteiger charge is 2.90. The monoisotopic (exact) mass is 449 g/mol. The topological polar surface area (TPSA) is 69.6 Å². The van der Waals surface area contributed by atoms with E-state index in [1.54, 1.807) is 7.11 Å². The number of aliphatic hydroxyl groups is 1. The first-order valence-electron chi connectivity index (χ1n) is 12.7. The Morgan fingerprint density at radius 1 is 1.09 bits per heavy atom. The standard InChI is InChI=1S/C25H39NO6/c1-6-26-11-22(12-28-2)8-7-15(29-3)25-13-9-14-18-16(13)23(27,10-24(14,31-5)32-18)17(21(25)26)19(30-4)20(22)25/h13-21,27H,6-12H2,1-5H3/t13-,14+,15+,16-,17+,18+,19+,20-,21-,22+,23-,24+,25+/m1/s1. The second-order valence-corrected chi connectivity index (χ2v) is 12.0. The first kappa shape index (κ1) is 21.0. The summed E-state index contributed by atoms with van der Waals surface area (Å²) < 4.78 is 31.2. The number of ether oxygens (including phenoxy) is 5. The molecule has 13 atom stereocenters. The summed E-state index contributed by atoms with van der Waals surface area (Å²) in [6.07, 6.45) is 4.02. The van der Waals surface area contributed by atoms with Crippen molar-refractivity contribution in [2.75, 3.05) is 48.1 Å². The Hall–Kier alpha value is -0.280. The van der Waals surface area contributed by atoms with Crippen molar-refractivity contribution in [3.05, 3.63) is 0 Å². The van der Waals surface area contributed by atoms with Gasteiger partial charge in [-0.1, -0.05) is 6.92 Å². The maximum Gasteiger partial charge on any atom is 0.176 e.